The van der Waals surface area contributed by atoms with Crippen LogP contribution in [0.25, 0.3) is 0 Å². The van der Waals surface area contributed by atoms with Crippen LogP contribution in [0.3, 0.4) is 0 Å². The Morgan fingerprint density at radius 1 is 1.07 bits per heavy atom. The molecule has 0 spiro atoms. The van der Waals surface area contributed by atoms with Crippen molar-refractivity contribution in [2.24, 2.45) is 0 Å². The van der Waals surface area contributed by atoms with Crippen LogP contribution < -0.4 is 10.6 Å². The number of nitro benzene ring substituents is 1. The van der Waals surface area contributed by atoms with Gasteiger partial charge in [-0.25, -0.2) is 4.79 Å². The number of ether oxygens (including phenoxy) is 1. The summed E-state index contributed by atoms with van der Waals surface area (Å²) in [7, 11) is 0. The molecule has 2 N–H and O–H groups in total. The Bertz CT molecular complexity index is 942. The summed E-state index contributed by atoms with van der Waals surface area (Å²) in [4.78, 5) is 46.3. The first-order valence-corrected chi connectivity index (χ1v) is 8.89. The Hall–Kier alpha value is -3.75. The van der Waals surface area contributed by atoms with Crippen LogP contribution in [0.2, 0.25) is 0 Å². The Labute approximate surface area is 167 Å². The molecule has 2 amide bonds. The van der Waals surface area contributed by atoms with Crippen molar-refractivity contribution >= 4 is 29.2 Å². The SMILES string of the molecule is CCc1ccccc1NC(=O)CNC(=O)COC(=O)c1cccc([N+](=O)[O-])c1C. The van der Waals surface area contributed by atoms with Gasteiger partial charge in [-0.3, -0.25) is 19.7 Å². The lowest BCUT2D eigenvalue weighted by Crippen LogP contribution is -2.35. The third-order valence-electron chi connectivity index (χ3n) is 4.17. The molecule has 0 radical (unpaired) electrons. The van der Waals surface area contributed by atoms with Crippen LogP contribution >= 0.6 is 0 Å². The number of nitrogens with zero attached hydrogens (tertiary/aromatic N) is 1. The van der Waals surface area contributed by atoms with E-state index in [0.29, 0.717) is 5.69 Å². The van der Waals surface area contributed by atoms with Crippen molar-refractivity contribution in [2.45, 2.75) is 20.3 Å². The zero-order valence-electron chi connectivity index (χ0n) is 16.1. The fourth-order valence-corrected chi connectivity index (χ4v) is 2.63. The third kappa shape index (κ3) is 5.86. The summed E-state index contributed by atoms with van der Waals surface area (Å²) >= 11 is 0. The summed E-state index contributed by atoms with van der Waals surface area (Å²) in [5.41, 5.74) is 1.57. The van der Waals surface area contributed by atoms with Gasteiger partial charge in [0, 0.05) is 17.3 Å². The number of esters is 1. The fourth-order valence-electron chi connectivity index (χ4n) is 2.63. The first-order valence-electron chi connectivity index (χ1n) is 8.89. The van der Waals surface area contributed by atoms with Crippen molar-refractivity contribution in [1.82, 2.24) is 5.32 Å². The Balaban J connectivity index is 1.84. The highest BCUT2D eigenvalue weighted by molar-refractivity contribution is 5.96. The predicted octanol–water partition coefficient (Wildman–Crippen LogP) is 2.38. The summed E-state index contributed by atoms with van der Waals surface area (Å²) in [5.74, 6) is -1.94. The van der Waals surface area contributed by atoms with Crippen molar-refractivity contribution in [3.63, 3.8) is 0 Å². The molecule has 2 aromatic rings. The van der Waals surface area contributed by atoms with Crippen LogP contribution in [0.5, 0.6) is 0 Å². The predicted molar refractivity (Wildman–Crippen MR) is 106 cm³/mol. The lowest BCUT2D eigenvalue weighted by molar-refractivity contribution is -0.385. The Morgan fingerprint density at radius 3 is 2.48 bits per heavy atom. The van der Waals surface area contributed by atoms with Gasteiger partial charge < -0.3 is 15.4 Å². The largest absolute Gasteiger partial charge is 0.452 e. The molecule has 2 rings (SSSR count). The van der Waals surface area contributed by atoms with Gasteiger partial charge in [0.1, 0.15) is 0 Å². The number of hydrogen-bond acceptors (Lipinski definition) is 6. The lowest BCUT2D eigenvalue weighted by atomic mass is 10.1. The van der Waals surface area contributed by atoms with Gasteiger partial charge in [-0.15, -0.1) is 0 Å². The molecular formula is C20H21N3O6. The van der Waals surface area contributed by atoms with Crippen LogP contribution in [0.15, 0.2) is 42.5 Å². The highest BCUT2D eigenvalue weighted by Gasteiger charge is 2.19. The van der Waals surface area contributed by atoms with Crippen LogP contribution in [0.1, 0.15) is 28.4 Å². The topological polar surface area (TPSA) is 128 Å². The van der Waals surface area contributed by atoms with Gasteiger partial charge in [0.05, 0.1) is 17.0 Å². The average molecular weight is 399 g/mol. The van der Waals surface area contributed by atoms with Crippen LogP contribution in [0.4, 0.5) is 11.4 Å². The molecule has 0 aromatic heterocycles. The quantitative estimate of drug-likeness (QED) is 0.398. The van der Waals surface area contributed by atoms with Crippen LogP contribution in [-0.2, 0) is 20.7 Å². The molecule has 0 aliphatic heterocycles. The van der Waals surface area contributed by atoms with Gasteiger partial charge in [-0.05, 0) is 31.0 Å². The number of para-hydroxylation sites is 1. The summed E-state index contributed by atoms with van der Waals surface area (Å²) in [5, 5.41) is 16.0. The maximum atomic E-state index is 12.1. The van der Waals surface area contributed by atoms with E-state index in [9.17, 15) is 24.5 Å². The van der Waals surface area contributed by atoms with Crippen molar-refractivity contribution in [3.8, 4) is 0 Å². The molecule has 0 unspecified atom stereocenters. The number of carbonyl (C=O) groups is 3. The molecule has 0 aliphatic carbocycles. The minimum atomic E-state index is -0.859. The van der Waals surface area contributed by atoms with Crippen molar-refractivity contribution in [3.05, 3.63) is 69.3 Å². The molecule has 0 fully saturated rings. The monoisotopic (exact) mass is 399 g/mol. The second kappa shape index (κ2) is 9.98. The minimum Gasteiger partial charge on any atom is -0.452 e. The molecule has 2 aromatic carbocycles. The minimum absolute atomic E-state index is 0.000848. The van der Waals surface area contributed by atoms with Gasteiger partial charge in [0.2, 0.25) is 5.91 Å². The number of anilines is 1. The molecule has 0 aliphatic rings. The van der Waals surface area contributed by atoms with Crippen molar-refractivity contribution in [2.75, 3.05) is 18.5 Å². The number of nitro groups is 1. The van der Waals surface area contributed by atoms with E-state index in [0.717, 1.165) is 12.0 Å². The molecule has 152 valence electrons. The summed E-state index contributed by atoms with van der Waals surface area (Å²) < 4.78 is 4.89. The van der Waals surface area contributed by atoms with E-state index in [2.05, 4.69) is 10.6 Å². The Kier molecular flexibility index (Phi) is 7.41. The van der Waals surface area contributed by atoms with Gasteiger partial charge in [-0.2, -0.15) is 0 Å². The highest BCUT2D eigenvalue weighted by atomic mass is 16.6. The van der Waals surface area contributed by atoms with Gasteiger partial charge in [0.25, 0.3) is 11.6 Å². The number of aryl methyl sites for hydroxylation is 1. The normalized spacial score (nSPS) is 10.1. The maximum Gasteiger partial charge on any atom is 0.339 e. The first-order chi connectivity index (χ1) is 13.8. The van der Waals surface area contributed by atoms with Crippen molar-refractivity contribution < 1.29 is 24.0 Å². The standard InChI is InChI=1S/C20H21N3O6/c1-3-14-7-4-5-9-16(14)22-18(24)11-21-19(25)12-29-20(26)15-8-6-10-17(13(15)2)23(27)28/h4-10H,3,11-12H2,1-2H3,(H,21,25)(H,22,24). The van der Waals surface area contributed by atoms with E-state index >= 15 is 0 Å². The van der Waals surface area contributed by atoms with Crippen LogP contribution in [0, 0.1) is 17.0 Å². The molecule has 29 heavy (non-hydrogen) atoms. The zero-order chi connectivity index (χ0) is 21.4. The molecule has 0 bridgehead atoms. The van der Waals surface area contributed by atoms with E-state index in [1.54, 1.807) is 12.1 Å². The average Bonchev–Trinajstić information content (AvgIpc) is 2.70. The lowest BCUT2D eigenvalue weighted by Gasteiger charge is -2.11. The number of rotatable bonds is 8. The smallest absolute Gasteiger partial charge is 0.339 e. The third-order valence-corrected chi connectivity index (χ3v) is 4.17. The van der Waals surface area contributed by atoms with Crippen molar-refractivity contribution in [1.29, 1.82) is 0 Å². The number of hydrogen-bond donors (Lipinski definition) is 2. The zero-order valence-corrected chi connectivity index (χ0v) is 16.1. The molecule has 9 nitrogen and oxygen atoms in total. The van der Waals surface area contributed by atoms with Gasteiger partial charge >= 0.3 is 5.97 Å². The van der Waals surface area contributed by atoms with Gasteiger partial charge in [0.15, 0.2) is 6.61 Å². The summed E-state index contributed by atoms with van der Waals surface area (Å²) in [6.07, 6.45) is 0.746. The van der Waals surface area contributed by atoms with E-state index in [-0.39, 0.29) is 23.4 Å². The number of carbonyl (C=O) groups excluding carboxylic acids is 3. The van der Waals surface area contributed by atoms with E-state index in [1.807, 2.05) is 19.1 Å². The first kappa shape index (κ1) is 21.5. The number of amides is 2. The molecule has 9 heteroatoms. The highest BCUT2D eigenvalue weighted by Crippen LogP contribution is 2.21. The van der Waals surface area contributed by atoms with Gasteiger partial charge in [-0.1, -0.05) is 31.2 Å². The second-order valence-corrected chi connectivity index (χ2v) is 6.12. The van der Waals surface area contributed by atoms with E-state index < -0.39 is 29.3 Å². The molecule has 0 heterocycles. The molecule has 0 atom stereocenters. The number of nitrogens with one attached hydrogen (secondary N) is 2. The second-order valence-electron chi connectivity index (χ2n) is 6.12. The van der Waals surface area contributed by atoms with E-state index in [1.165, 1.54) is 25.1 Å². The molecular weight excluding hydrogens is 378 g/mol. The van der Waals surface area contributed by atoms with E-state index in [4.69, 9.17) is 4.74 Å². The summed E-state index contributed by atoms with van der Waals surface area (Å²) in [6.45, 7) is 2.49. The van der Waals surface area contributed by atoms with Crippen LogP contribution in [-0.4, -0.2) is 35.9 Å². The summed E-state index contributed by atoms with van der Waals surface area (Å²) in [6, 6.07) is 11.3. The maximum absolute atomic E-state index is 12.1. The molecule has 0 saturated heterocycles. The Morgan fingerprint density at radius 2 is 1.79 bits per heavy atom. The molecule has 0 saturated carbocycles. The number of benzene rings is 2. The fraction of sp³-hybridized carbons (Fsp3) is 0.250.